The summed E-state index contributed by atoms with van der Waals surface area (Å²) in [7, 11) is 1.63. The number of amidine groups is 1. The number of ether oxygens (including phenoxy) is 1. The van der Waals surface area contributed by atoms with E-state index in [0.717, 1.165) is 15.7 Å². The molecule has 6 heteroatoms. The van der Waals surface area contributed by atoms with E-state index in [1.165, 1.54) is 11.8 Å². The molecule has 1 aromatic carbocycles. The topological polar surface area (TPSA) is 80.7 Å². The fourth-order valence-corrected chi connectivity index (χ4v) is 2.33. The van der Waals surface area contributed by atoms with Crippen molar-refractivity contribution in [1.29, 1.82) is 0 Å². The van der Waals surface area contributed by atoms with Crippen molar-refractivity contribution in [3.05, 3.63) is 48.2 Å². The Labute approximate surface area is 115 Å². The van der Waals surface area contributed by atoms with Gasteiger partial charge in [-0.3, -0.25) is 0 Å². The summed E-state index contributed by atoms with van der Waals surface area (Å²) in [5, 5.41) is 12.3. The molecule has 0 amide bonds. The van der Waals surface area contributed by atoms with E-state index in [9.17, 15) is 0 Å². The lowest BCUT2D eigenvalue weighted by atomic mass is 10.3. The first kappa shape index (κ1) is 13.2. The zero-order chi connectivity index (χ0) is 13.7. The van der Waals surface area contributed by atoms with Crippen molar-refractivity contribution in [3.63, 3.8) is 0 Å². The summed E-state index contributed by atoms with van der Waals surface area (Å²) in [5.74, 6) is 0.844. The smallest absolute Gasteiger partial charge is 0.171 e. The van der Waals surface area contributed by atoms with E-state index < -0.39 is 0 Å². The fourth-order valence-electron chi connectivity index (χ4n) is 1.47. The van der Waals surface area contributed by atoms with Gasteiger partial charge in [-0.1, -0.05) is 29.1 Å². The van der Waals surface area contributed by atoms with Crippen LogP contribution in [0.15, 0.2) is 57.7 Å². The molecule has 1 aromatic heterocycles. The van der Waals surface area contributed by atoms with E-state index in [0.29, 0.717) is 5.56 Å². The van der Waals surface area contributed by atoms with Gasteiger partial charge in [0.15, 0.2) is 5.84 Å². The molecule has 2 rings (SSSR count). The first-order valence-corrected chi connectivity index (χ1v) is 6.31. The third-order valence-corrected chi connectivity index (χ3v) is 3.43. The van der Waals surface area contributed by atoms with Crippen LogP contribution in [0.4, 0.5) is 0 Å². The number of aromatic nitrogens is 1. The summed E-state index contributed by atoms with van der Waals surface area (Å²) in [4.78, 5) is 5.23. The largest absolute Gasteiger partial charge is 0.496 e. The Morgan fingerprint density at radius 1 is 1.32 bits per heavy atom. The maximum Gasteiger partial charge on any atom is 0.171 e. The van der Waals surface area contributed by atoms with Crippen molar-refractivity contribution in [2.24, 2.45) is 10.9 Å². The minimum absolute atomic E-state index is 0.0429. The number of oxime groups is 1. The molecule has 1 heterocycles. The normalized spacial score (nSPS) is 11.3. The van der Waals surface area contributed by atoms with E-state index in [-0.39, 0.29) is 5.84 Å². The number of benzene rings is 1. The highest BCUT2D eigenvalue weighted by Gasteiger charge is 2.06. The average molecular weight is 275 g/mol. The van der Waals surface area contributed by atoms with Crippen LogP contribution in [0.3, 0.4) is 0 Å². The molecule has 2 aromatic rings. The van der Waals surface area contributed by atoms with Crippen molar-refractivity contribution >= 4 is 17.6 Å². The lowest BCUT2D eigenvalue weighted by Crippen LogP contribution is -2.13. The Morgan fingerprint density at radius 3 is 2.74 bits per heavy atom. The standard InChI is InChI=1S/C13H13N3O2S/c1-18-10-4-2-3-5-11(10)19-12-7-6-9(8-15-12)13(14)16-17/h2-8,17H,1H3,(H2,14,16). The van der Waals surface area contributed by atoms with Gasteiger partial charge >= 0.3 is 0 Å². The second-order valence-electron chi connectivity index (χ2n) is 3.62. The lowest BCUT2D eigenvalue weighted by Gasteiger charge is -2.07. The summed E-state index contributed by atoms with van der Waals surface area (Å²) in [6.45, 7) is 0. The van der Waals surface area contributed by atoms with Gasteiger partial charge in [0, 0.05) is 11.8 Å². The molecule has 0 unspecified atom stereocenters. The maximum atomic E-state index is 8.57. The molecule has 0 spiro atoms. The fraction of sp³-hybridized carbons (Fsp3) is 0.0769. The van der Waals surface area contributed by atoms with E-state index >= 15 is 0 Å². The second-order valence-corrected chi connectivity index (χ2v) is 4.69. The molecule has 0 aliphatic heterocycles. The Hall–Kier alpha value is -2.21. The van der Waals surface area contributed by atoms with E-state index in [1.807, 2.05) is 30.3 Å². The third-order valence-electron chi connectivity index (χ3n) is 2.42. The van der Waals surface area contributed by atoms with Crippen LogP contribution in [0, 0.1) is 0 Å². The Bertz CT molecular complexity index is 585. The zero-order valence-corrected chi connectivity index (χ0v) is 11.1. The van der Waals surface area contributed by atoms with Gasteiger partial charge in [-0.25, -0.2) is 4.98 Å². The predicted molar refractivity (Wildman–Crippen MR) is 73.9 cm³/mol. The number of nitrogens with zero attached hydrogens (tertiary/aromatic N) is 2. The Balaban J connectivity index is 2.20. The molecule has 98 valence electrons. The third kappa shape index (κ3) is 3.17. The zero-order valence-electron chi connectivity index (χ0n) is 10.3. The molecule has 5 nitrogen and oxygen atoms in total. The van der Waals surface area contributed by atoms with E-state index in [4.69, 9.17) is 15.7 Å². The van der Waals surface area contributed by atoms with E-state index in [2.05, 4.69) is 10.1 Å². The minimum Gasteiger partial charge on any atom is -0.496 e. The van der Waals surface area contributed by atoms with Crippen LogP contribution < -0.4 is 10.5 Å². The quantitative estimate of drug-likeness (QED) is 0.387. The molecular formula is C13H13N3O2S. The molecule has 0 bridgehead atoms. The number of methoxy groups -OCH3 is 1. The number of hydrogen-bond donors (Lipinski definition) is 2. The monoisotopic (exact) mass is 275 g/mol. The van der Waals surface area contributed by atoms with Crippen LogP contribution in [0.1, 0.15) is 5.56 Å². The Morgan fingerprint density at radius 2 is 2.11 bits per heavy atom. The molecule has 0 fully saturated rings. The molecule has 0 aliphatic carbocycles. The van der Waals surface area contributed by atoms with Gasteiger partial charge in [-0.2, -0.15) is 0 Å². The predicted octanol–water partition coefficient (Wildman–Crippen LogP) is 2.34. The van der Waals surface area contributed by atoms with Gasteiger partial charge < -0.3 is 15.7 Å². The van der Waals surface area contributed by atoms with Crippen LogP contribution in [0.25, 0.3) is 0 Å². The van der Waals surface area contributed by atoms with E-state index in [1.54, 1.807) is 19.4 Å². The molecule has 19 heavy (non-hydrogen) atoms. The summed E-state index contributed by atoms with van der Waals surface area (Å²) >= 11 is 1.49. The number of para-hydroxylation sites is 1. The second kappa shape index (κ2) is 6.10. The molecular weight excluding hydrogens is 262 g/mol. The van der Waals surface area contributed by atoms with Gasteiger partial charge in [0.1, 0.15) is 10.8 Å². The van der Waals surface area contributed by atoms with Crippen molar-refractivity contribution in [2.75, 3.05) is 7.11 Å². The minimum atomic E-state index is 0.0429. The van der Waals surface area contributed by atoms with Crippen molar-refractivity contribution < 1.29 is 9.94 Å². The van der Waals surface area contributed by atoms with Gasteiger partial charge in [0.25, 0.3) is 0 Å². The number of rotatable bonds is 4. The van der Waals surface area contributed by atoms with Gasteiger partial charge in [-0.15, -0.1) is 0 Å². The van der Waals surface area contributed by atoms with Gasteiger partial charge in [0.2, 0.25) is 0 Å². The molecule has 0 radical (unpaired) electrons. The highest BCUT2D eigenvalue weighted by atomic mass is 32.2. The van der Waals surface area contributed by atoms with Crippen LogP contribution in [0.2, 0.25) is 0 Å². The molecule has 0 atom stereocenters. The van der Waals surface area contributed by atoms with Crippen molar-refractivity contribution in [3.8, 4) is 5.75 Å². The number of nitrogens with two attached hydrogens (primary N) is 1. The average Bonchev–Trinajstić information content (AvgIpc) is 2.48. The SMILES string of the molecule is COc1ccccc1Sc1ccc(/C(N)=N/O)cn1. The highest BCUT2D eigenvalue weighted by Crippen LogP contribution is 2.33. The summed E-state index contributed by atoms with van der Waals surface area (Å²) in [6, 6.07) is 11.3. The van der Waals surface area contributed by atoms with Gasteiger partial charge in [-0.05, 0) is 24.3 Å². The van der Waals surface area contributed by atoms with Crippen LogP contribution >= 0.6 is 11.8 Å². The summed E-state index contributed by atoms with van der Waals surface area (Å²) in [5.41, 5.74) is 6.05. The maximum absolute atomic E-state index is 8.57. The van der Waals surface area contributed by atoms with Gasteiger partial charge in [0.05, 0.1) is 12.0 Å². The molecule has 0 saturated heterocycles. The summed E-state index contributed by atoms with van der Waals surface area (Å²) in [6.07, 6.45) is 1.56. The molecule has 0 saturated carbocycles. The lowest BCUT2D eigenvalue weighted by molar-refractivity contribution is 0.318. The first-order valence-electron chi connectivity index (χ1n) is 5.49. The van der Waals surface area contributed by atoms with Crippen molar-refractivity contribution in [1.82, 2.24) is 4.98 Å². The molecule has 0 aliphatic rings. The van der Waals surface area contributed by atoms with Crippen LogP contribution in [-0.2, 0) is 0 Å². The van der Waals surface area contributed by atoms with Crippen molar-refractivity contribution in [2.45, 2.75) is 9.92 Å². The first-order chi connectivity index (χ1) is 9.24. The van der Waals surface area contributed by atoms with Crippen LogP contribution in [-0.4, -0.2) is 23.1 Å². The highest BCUT2D eigenvalue weighted by molar-refractivity contribution is 7.99. The Kier molecular flexibility index (Phi) is 4.25. The number of hydrogen-bond acceptors (Lipinski definition) is 5. The molecule has 3 N–H and O–H groups in total. The van der Waals surface area contributed by atoms with Crippen LogP contribution in [0.5, 0.6) is 5.75 Å². The number of pyridine rings is 1. The summed E-state index contributed by atoms with van der Waals surface area (Å²) < 4.78 is 5.28.